The number of thiocarbonyl (C=S) groups is 1. The van der Waals surface area contributed by atoms with E-state index in [0.717, 1.165) is 48.4 Å². The van der Waals surface area contributed by atoms with Crippen LogP contribution < -0.4 is 10.2 Å². The van der Waals surface area contributed by atoms with Crippen molar-refractivity contribution in [1.29, 1.82) is 0 Å². The van der Waals surface area contributed by atoms with Crippen molar-refractivity contribution in [3.63, 3.8) is 0 Å². The molecule has 1 heterocycles. The predicted octanol–water partition coefficient (Wildman–Crippen LogP) is 2.29. The number of benzene rings is 1. The van der Waals surface area contributed by atoms with E-state index in [1.807, 2.05) is 18.2 Å². The van der Waals surface area contributed by atoms with Crippen LogP contribution in [0.5, 0.6) is 0 Å². The van der Waals surface area contributed by atoms with Gasteiger partial charge in [-0.15, -0.1) is 0 Å². The molecular weight excluding hydrogens is 334 g/mol. The number of hydrogen-bond donors (Lipinski definition) is 1. The van der Waals surface area contributed by atoms with E-state index < -0.39 is 0 Å². The molecule has 0 spiro atoms. The summed E-state index contributed by atoms with van der Waals surface area (Å²) in [6, 6.07) is 7.91. The second-order valence-corrected chi connectivity index (χ2v) is 6.19. The van der Waals surface area contributed by atoms with Gasteiger partial charge in [-0.25, -0.2) is 0 Å². The van der Waals surface area contributed by atoms with Crippen LogP contribution >= 0.6 is 23.8 Å². The minimum absolute atomic E-state index is 0.187. The van der Waals surface area contributed by atoms with Crippen LogP contribution in [0.4, 0.5) is 5.69 Å². The molecule has 7 heteroatoms. The van der Waals surface area contributed by atoms with Crippen molar-refractivity contribution >= 4 is 40.6 Å². The fraction of sp³-hybridized carbons (Fsp3) is 0.500. The lowest BCUT2D eigenvalue weighted by Gasteiger charge is -2.37. The molecule has 0 aromatic heterocycles. The number of nitrogens with zero attached hydrogens (tertiary/aromatic N) is 2. The van der Waals surface area contributed by atoms with Crippen LogP contribution in [0.1, 0.15) is 12.8 Å². The van der Waals surface area contributed by atoms with Gasteiger partial charge in [-0.3, -0.25) is 4.79 Å². The largest absolute Gasteiger partial charge is 0.469 e. The first kappa shape index (κ1) is 17.8. The molecule has 1 fully saturated rings. The van der Waals surface area contributed by atoms with Gasteiger partial charge in [0.1, 0.15) is 0 Å². The van der Waals surface area contributed by atoms with Crippen LogP contribution in [0.15, 0.2) is 24.3 Å². The van der Waals surface area contributed by atoms with Gasteiger partial charge in [0, 0.05) is 49.9 Å². The van der Waals surface area contributed by atoms with Gasteiger partial charge in [0.15, 0.2) is 5.11 Å². The Bertz CT molecular complexity index is 548. The zero-order valence-corrected chi connectivity index (χ0v) is 14.8. The summed E-state index contributed by atoms with van der Waals surface area (Å²) in [6.07, 6.45) is 1.13. The Morgan fingerprint density at radius 2 is 2.09 bits per heavy atom. The van der Waals surface area contributed by atoms with E-state index in [2.05, 4.69) is 25.9 Å². The Morgan fingerprint density at radius 1 is 1.35 bits per heavy atom. The lowest BCUT2D eigenvalue weighted by molar-refractivity contribution is -0.140. The second kappa shape index (κ2) is 8.93. The molecule has 0 aliphatic carbocycles. The smallest absolute Gasteiger partial charge is 0.305 e. The number of carbonyl (C=O) groups excluding carboxylic acids is 1. The van der Waals surface area contributed by atoms with E-state index in [4.69, 9.17) is 23.8 Å². The first-order valence-electron chi connectivity index (χ1n) is 7.70. The molecule has 0 radical (unpaired) electrons. The van der Waals surface area contributed by atoms with E-state index >= 15 is 0 Å². The van der Waals surface area contributed by atoms with Crippen LogP contribution in [0.25, 0.3) is 0 Å². The van der Waals surface area contributed by atoms with E-state index in [1.165, 1.54) is 7.11 Å². The summed E-state index contributed by atoms with van der Waals surface area (Å²) in [5.41, 5.74) is 1.15. The predicted molar refractivity (Wildman–Crippen MR) is 97.1 cm³/mol. The van der Waals surface area contributed by atoms with Crippen molar-refractivity contribution in [3.8, 4) is 0 Å². The Kier molecular flexibility index (Phi) is 6.92. The normalized spacial score (nSPS) is 14.5. The molecule has 0 bridgehead atoms. The van der Waals surface area contributed by atoms with E-state index in [-0.39, 0.29) is 5.97 Å². The molecule has 1 saturated heterocycles. The third kappa shape index (κ3) is 5.55. The van der Waals surface area contributed by atoms with E-state index in [0.29, 0.717) is 13.0 Å². The third-order valence-electron chi connectivity index (χ3n) is 3.80. The maximum absolute atomic E-state index is 11.0. The van der Waals surface area contributed by atoms with Crippen molar-refractivity contribution in [3.05, 3.63) is 29.3 Å². The van der Waals surface area contributed by atoms with Crippen LogP contribution in [0.3, 0.4) is 0 Å². The first-order valence-corrected chi connectivity index (χ1v) is 8.49. The lowest BCUT2D eigenvalue weighted by Crippen LogP contribution is -2.51. The molecule has 1 aromatic rings. The van der Waals surface area contributed by atoms with Crippen molar-refractivity contribution in [2.24, 2.45) is 0 Å². The van der Waals surface area contributed by atoms with E-state index in [1.54, 1.807) is 0 Å². The molecule has 1 aliphatic heterocycles. The summed E-state index contributed by atoms with van der Waals surface area (Å²) in [6.45, 7) is 4.24. The summed E-state index contributed by atoms with van der Waals surface area (Å²) < 4.78 is 4.61. The molecule has 0 saturated carbocycles. The highest BCUT2D eigenvalue weighted by Gasteiger charge is 2.19. The summed E-state index contributed by atoms with van der Waals surface area (Å²) >= 11 is 11.5. The Morgan fingerprint density at radius 3 is 2.74 bits per heavy atom. The van der Waals surface area contributed by atoms with Gasteiger partial charge in [-0.05, 0) is 36.8 Å². The zero-order valence-electron chi connectivity index (χ0n) is 13.3. The number of nitrogens with one attached hydrogen (secondary N) is 1. The van der Waals surface area contributed by atoms with Crippen molar-refractivity contribution in [1.82, 2.24) is 10.2 Å². The SMILES string of the molecule is COC(=O)CCCNC(=S)N1CCN(c2cccc(Cl)c2)CC1. The first-order chi connectivity index (χ1) is 11.1. The van der Waals surface area contributed by atoms with Crippen LogP contribution in [0, 0.1) is 0 Å². The number of rotatable bonds is 5. The monoisotopic (exact) mass is 355 g/mol. The van der Waals surface area contributed by atoms with Gasteiger partial charge in [0.05, 0.1) is 7.11 Å². The average Bonchev–Trinajstić information content (AvgIpc) is 2.58. The van der Waals surface area contributed by atoms with Crippen LogP contribution in [-0.4, -0.2) is 55.8 Å². The molecule has 0 amide bonds. The Hall–Kier alpha value is -1.53. The highest BCUT2D eigenvalue weighted by Crippen LogP contribution is 2.20. The quantitative estimate of drug-likeness (QED) is 0.496. The Balaban J connectivity index is 1.71. The maximum Gasteiger partial charge on any atom is 0.305 e. The molecule has 1 aliphatic rings. The Labute approximate surface area is 147 Å². The minimum Gasteiger partial charge on any atom is -0.469 e. The summed E-state index contributed by atoms with van der Waals surface area (Å²) in [5, 5.41) is 4.71. The number of methoxy groups -OCH3 is 1. The van der Waals surface area contributed by atoms with Gasteiger partial charge in [0.25, 0.3) is 0 Å². The highest BCUT2D eigenvalue weighted by atomic mass is 35.5. The molecule has 1 N–H and O–H groups in total. The van der Waals surface area contributed by atoms with E-state index in [9.17, 15) is 4.79 Å². The standard InChI is InChI=1S/C16H22ClN3O2S/c1-22-15(21)6-3-7-18-16(23)20-10-8-19(9-11-20)14-5-2-4-13(17)12-14/h2,4-5,12H,3,6-11H2,1H3,(H,18,23). The van der Waals surface area contributed by atoms with Gasteiger partial charge >= 0.3 is 5.97 Å². The zero-order chi connectivity index (χ0) is 16.7. The number of esters is 1. The molecule has 126 valence electrons. The van der Waals surface area contributed by atoms with Gasteiger partial charge in [-0.1, -0.05) is 17.7 Å². The summed E-state index contributed by atoms with van der Waals surface area (Å²) in [5.74, 6) is -0.187. The summed E-state index contributed by atoms with van der Waals surface area (Å²) in [7, 11) is 1.40. The molecule has 2 rings (SSSR count). The second-order valence-electron chi connectivity index (χ2n) is 5.37. The fourth-order valence-electron chi connectivity index (χ4n) is 2.48. The van der Waals surface area contributed by atoms with Crippen molar-refractivity contribution in [2.75, 3.05) is 44.7 Å². The summed E-state index contributed by atoms with van der Waals surface area (Å²) in [4.78, 5) is 15.5. The number of hydrogen-bond acceptors (Lipinski definition) is 4. The number of anilines is 1. The average molecular weight is 356 g/mol. The van der Waals surface area contributed by atoms with Crippen molar-refractivity contribution in [2.45, 2.75) is 12.8 Å². The topological polar surface area (TPSA) is 44.8 Å². The molecule has 5 nitrogen and oxygen atoms in total. The van der Waals surface area contributed by atoms with Gasteiger partial charge in [-0.2, -0.15) is 0 Å². The molecule has 0 atom stereocenters. The molecule has 23 heavy (non-hydrogen) atoms. The van der Waals surface area contributed by atoms with Crippen molar-refractivity contribution < 1.29 is 9.53 Å². The van der Waals surface area contributed by atoms with Crippen LogP contribution in [0.2, 0.25) is 5.02 Å². The number of carbonyl (C=O) groups is 1. The van der Waals surface area contributed by atoms with Crippen LogP contribution in [-0.2, 0) is 9.53 Å². The van der Waals surface area contributed by atoms with Gasteiger partial charge in [0.2, 0.25) is 0 Å². The third-order valence-corrected chi connectivity index (χ3v) is 4.44. The number of piperazine rings is 1. The molecule has 1 aromatic carbocycles. The van der Waals surface area contributed by atoms with Gasteiger partial charge < -0.3 is 19.9 Å². The molecular formula is C16H22ClN3O2S. The molecule has 0 unspecified atom stereocenters. The number of halogens is 1. The minimum atomic E-state index is -0.187. The fourth-order valence-corrected chi connectivity index (χ4v) is 2.95. The lowest BCUT2D eigenvalue weighted by atomic mass is 10.2. The maximum atomic E-state index is 11.0. The number of ether oxygens (including phenoxy) is 1. The highest BCUT2D eigenvalue weighted by molar-refractivity contribution is 7.80.